The van der Waals surface area contributed by atoms with Gasteiger partial charge in [-0.2, -0.15) is 0 Å². The lowest BCUT2D eigenvalue weighted by molar-refractivity contribution is 1.19. The summed E-state index contributed by atoms with van der Waals surface area (Å²) in [5.74, 6) is 0. The van der Waals surface area contributed by atoms with Crippen LogP contribution in [0.25, 0.3) is 6.08 Å². The highest BCUT2D eigenvalue weighted by Gasteiger charge is 2.12. The van der Waals surface area contributed by atoms with Crippen molar-refractivity contribution in [2.45, 2.75) is 0 Å². The minimum absolute atomic E-state index is 1.21. The Balaban J connectivity index is 2.20. The van der Waals surface area contributed by atoms with Gasteiger partial charge >= 0.3 is 0 Å². The fourth-order valence-corrected chi connectivity index (χ4v) is 1.91. The molecule has 3 rings (SSSR count). The molecule has 1 aromatic rings. The predicted octanol–water partition coefficient (Wildman–Crippen LogP) is 3.49. The third-order valence-electron chi connectivity index (χ3n) is 2.63. The molecule has 1 heteroatoms. The molecule has 0 spiro atoms. The molecule has 2 aliphatic rings. The molecule has 0 amide bonds. The summed E-state index contributed by atoms with van der Waals surface area (Å²) in [5.41, 5.74) is 3.69. The molecule has 15 heavy (non-hydrogen) atoms. The van der Waals surface area contributed by atoms with Gasteiger partial charge in [0.05, 0.1) is 5.69 Å². The summed E-state index contributed by atoms with van der Waals surface area (Å²) in [6, 6.07) is 8.41. The van der Waals surface area contributed by atoms with Gasteiger partial charge in [-0.3, -0.25) is 0 Å². The molecule has 72 valence electrons. The Kier molecular flexibility index (Phi) is 1.82. The number of rotatable bonds is 0. The molecule has 0 fully saturated rings. The maximum absolute atomic E-state index is 2.20. The Morgan fingerprint density at radius 1 is 0.867 bits per heavy atom. The van der Waals surface area contributed by atoms with E-state index in [4.69, 9.17) is 0 Å². The van der Waals surface area contributed by atoms with Gasteiger partial charge in [0.15, 0.2) is 0 Å². The van der Waals surface area contributed by atoms with Crippen molar-refractivity contribution in [2.75, 3.05) is 4.90 Å². The molecule has 1 nitrogen and oxygen atoms in total. The summed E-state index contributed by atoms with van der Waals surface area (Å²) in [7, 11) is 0. The van der Waals surface area contributed by atoms with E-state index in [1.54, 1.807) is 0 Å². The molecular formula is C14H11N. The monoisotopic (exact) mass is 193 g/mol. The summed E-state index contributed by atoms with van der Waals surface area (Å²) in [6.07, 6.45) is 14.7. The Hall–Kier alpha value is -2.02. The fourth-order valence-electron chi connectivity index (χ4n) is 1.91. The van der Waals surface area contributed by atoms with Crippen molar-refractivity contribution in [2.24, 2.45) is 0 Å². The largest absolute Gasteiger partial charge is 0.317 e. The normalized spacial score (nSPS) is 16.8. The number of allylic oxidation sites excluding steroid dienone is 5. The van der Waals surface area contributed by atoms with E-state index in [0.717, 1.165) is 0 Å². The molecule has 0 aliphatic carbocycles. The van der Waals surface area contributed by atoms with Gasteiger partial charge in [-0.05, 0) is 29.9 Å². The molecule has 0 bridgehead atoms. The number of hydrogen-bond donors (Lipinski definition) is 0. The third-order valence-corrected chi connectivity index (χ3v) is 2.63. The maximum atomic E-state index is 2.20. The van der Waals surface area contributed by atoms with Crippen molar-refractivity contribution >= 4 is 11.8 Å². The van der Waals surface area contributed by atoms with Crippen molar-refractivity contribution in [1.82, 2.24) is 0 Å². The average molecular weight is 193 g/mol. The zero-order valence-corrected chi connectivity index (χ0v) is 8.30. The first-order chi connectivity index (χ1) is 7.45. The molecule has 0 saturated heterocycles. The summed E-state index contributed by atoms with van der Waals surface area (Å²) in [6.45, 7) is 0. The van der Waals surface area contributed by atoms with E-state index in [1.807, 2.05) is 0 Å². The molecule has 0 saturated carbocycles. The van der Waals surface area contributed by atoms with Crippen LogP contribution in [0.15, 0.2) is 66.5 Å². The summed E-state index contributed by atoms with van der Waals surface area (Å²) in [4.78, 5) is 2.20. The topological polar surface area (TPSA) is 3.24 Å². The Bertz CT molecular complexity index is 504. The second-order valence-electron chi connectivity index (χ2n) is 3.58. The van der Waals surface area contributed by atoms with Crippen LogP contribution in [0.5, 0.6) is 0 Å². The number of benzene rings is 1. The summed E-state index contributed by atoms with van der Waals surface area (Å²) in [5, 5.41) is 0. The lowest BCUT2D eigenvalue weighted by atomic mass is 10.1. The van der Waals surface area contributed by atoms with Crippen LogP contribution in [0.4, 0.5) is 5.69 Å². The zero-order valence-electron chi connectivity index (χ0n) is 8.30. The van der Waals surface area contributed by atoms with Crippen LogP contribution in [0, 0.1) is 0 Å². The van der Waals surface area contributed by atoms with Gasteiger partial charge in [0.1, 0.15) is 0 Å². The minimum Gasteiger partial charge on any atom is -0.317 e. The summed E-state index contributed by atoms with van der Waals surface area (Å²) < 4.78 is 0. The molecule has 2 aliphatic heterocycles. The van der Waals surface area contributed by atoms with E-state index < -0.39 is 0 Å². The molecule has 0 radical (unpaired) electrons. The molecular weight excluding hydrogens is 182 g/mol. The first-order valence-electron chi connectivity index (χ1n) is 5.07. The first kappa shape index (κ1) is 8.30. The first-order valence-corrected chi connectivity index (χ1v) is 5.07. The van der Waals surface area contributed by atoms with Crippen molar-refractivity contribution in [3.05, 3.63) is 72.1 Å². The van der Waals surface area contributed by atoms with Crippen LogP contribution in [0.3, 0.4) is 0 Å². The van der Waals surface area contributed by atoms with E-state index in [9.17, 15) is 0 Å². The zero-order chi connectivity index (χ0) is 10.1. The lowest BCUT2D eigenvalue weighted by Crippen LogP contribution is -2.15. The number of anilines is 1. The van der Waals surface area contributed by atoms with Crippen LogP contribution in [-0.2, 0) is 0 Å². The van der Waals surface area contributed by atoms with Gasteiger partial charge in [0.2, 0.25) is 0 Å². The van der Waals surface area contributed by atoms with E-state index in [1.165, 1.54) is 16.9 Å². The minimum atomic E-state index is 1.21. The van der Waals surface area contributed by atoms with Crippen LogP contribution in [0.1, 0.15) is 5.56 Å². The number of hydrogen-bond acceptors (Lipinski definition) is 1. The lowest BCUT2D eigenvalue weighted by Gasteiger charge is -2.24. The van der Waals surface area contributed by atoms with Gasteiger partial charge in [-0.1, -0.05) is 36.4 Å². The number of fused-ring (bicyclic) bond motifs is 3. The molecule has 0 unspecified atom stereocenters. The van der Waals surface area contributed by atoms with E-state index in [0.29, 0.717) is 0 Å². The SMILES string of the molecule is C1=CC2=CC=Cc3ccccc3N2C=C1. The predicted molar refractivity (Wildman–Crippen MR) is 64.3 cm³/mol. The van der Waals surface area contributed by atoms with Crippen LogP contribution in [0.2, 0.25) is 0 Å². The Morgan fingerprint density at radius 2 is 1.80 bits per heavy atom. The molecule has 0 N–H and O–H groups in total. The second kappa shape index (κ2) is 3.28. The van der Waals surface area contributed by atoms with Crippen molar-refractivity contribution < 1.29 is 0 Å². The van der Waals surface area contributed by atoms with E-state index in [2.05, 4.69) is 71.8 Å². The fraction of sp³-hybridized carbons (Fsp3) is 0. The number of para-hydroxylation sites is 1. The van der Waals surface area contributed by atoms with Crippen molar-refractivity contribution in [3.8, 4) is 0 Å². The van der Waals surface area contributed by atoms with Crippen LogP contribution in [-0.4, -0.2) is 0 Å². The van der Waals surface area contributed by atoms with Gasteiger partial charge in [-0.15, -0.1) is 0 Å². The van der Waals surface area contributed by atoms with Crippen LogP contribution >= 0.6 is 0 Å². The standard InChI is InChI=1S/C14H11N/c1-2-10-14-12(6-1)7-5-9-13-8-3-4-11-15(13)14/h1-11H. The van der Waals surface area contributed by atoms with E-state index in [-0.39, 0.29) is 0 Å². The Morgan fingerprint density at radius 3 is 2.80 bits per heavy atom. The third kappa shape index (κ3) is 1.33. The number of nitrogens with zero attached hydrogens (tertiary/aromatic N) is 1. The molecule has 2 heterocycles. The smallest absolute Gasteiger partial charge is 0.0527 e. The maximum Gasteiger partial charge on any atom is 0.0527 e. The van der Waals surface area contributed by atoms with Gasteiger partial charge < -0.3 is 4.90 Å². The highest BCUT2D eigenvalue weighted by atomic mass is 15.1. The van der Waals surface area contributed by atoms with Gasteiger partial charge in [0, 0.05) is 11.9 Å². The van der Waals surface area contributed by atoms with Crippen LogP contribution < -0.4 is 4.90 Å². The Labute approximate surface area is 89.3 Å². The molecule has 0 aromatic heterocycles. The van der Waals surface area contributed by atoms with Crippen molar-refractivity contribution in [3.63, 3.8) is 0 Å². The quantitative estimate of drug-likeness (QED) is 0.609. The second-order valence-corrected chi connectivity index (χ2v) is 3.58. The van der Waals surface area contributed by atoms with Crippen molar-refractivity contribution in [1.29, 1.82) is 0 Å². The molecule has 0 atom stereocenters. The van der Waals surface area contributed by atoms with E-state index >= 15 is 0 Å². The van der Waals surface area contributed by atoms with Gasteiger partial charge in [-0.25, -0.2) is 0 Å². The van der Waals surface area contributed by atoms with Gasteiger partial charge in [0.25, 0.3) is 0 Å². The average Bonchev–Trinajstić information content (AvgIpc) is 2.48. The summed E-state index contributed by atoms with van der Waals surface area (Å²) >= 11 is 0. The molecule has 1 aromatic carbocycles. The highest BCUT2D eigenvalue weighted by Crippen LogP contribution is 2.29. The highest BCUT2D eigenvalue weighted by molar-refractivity contribution is 5.75.